The predicted molar refractivity (Wildman–Crippen MR) is 79.0 cm³/mol. The van der Waals surface area contributed by atoms with Crippen LogP contribution in [0.1, 0.15) is 12.0 Å². The fourth-order valence-electron chi connectivity index (χ4n) is 2.24. The van der Waals surface area contributed by atoms with Gasteiger partial charge in [-0.1, -0.05) is 0 Å². The van der Waals surface area contributed by atoms with E-state index in [9.17, 15) is 16.8 Å². The molecular formula is C12H19N3O4S2. The Balaban J connectivity index is 2.31. The lowest BCUT2D eigenvalue weighted by atomic mass is 10.2. The Bertz CT molecular complexity index is 723. The minimum Gasteiger partial charge on any atom is -0.315 e. The molecular weight excluding hydrogens is 314 g/mol. The van der Waals surface area contributed by atoms with Gasteiger partial charge in [0.2, 0.25) is 20.0 Å². The second-order valence-corrected chi connectivity index (χ2v) is 8.51. The van der Waals surface area contributed by atoms with E-state index in [4.69, 9.17) is 0 Å². The van der Waals surface area contributed by atoms with Gasteiger partial charge in [0.05, 0.1) is 9.79 Å². The molecule has 0 aromatic heterocycles. The first-order valence-corrected chi connectivity index (χ1v) is 9.50. The highest BCUT2D eigenvalue weighted by Gasteiger charge is 2.24. The third kappa shape index (κ3) is 3.61. The van der Waals surface area contributed by atoms with Gasteiger partial charge in [0, 0.05) is 12.6 Å². The molecule has 1 aliphatic heterocycles. The quantitative estimate of drug-likeness (QED) is 0.677. The SMILES string of the molecule is CNS(=O)(=O)c1ccc(S(=O)(=O)NC2CCNC2)cc1C. The van der Waals surface area contributed by atoms with Crippen molar-refractivity contribution in [1.29, 1.82) is 0 Å². The molecule has 1 aliphatic rings. The van der Waals surface area contributed by atoms with Crippen molar-refractivity contribution in [2.45, 2.75) is 29.2 Å². The summed E-state index contributed by atoms with van der Waals surface area (Å²) in [6.45, 7) is 2.95. The summed E-state index contributed by atoms with van der Waals surface area (Å²) < 4.78 is 52.9. The van der Waals surface area contributed by atoms with E-state index in [0.29, 0.717) is 12.1 Å². The molecule has 118 valence electrons. The monoisotopic (exact) mass is 333 g/mol. The summed E-state index contributed by atoms with van der Waals surface area (Å²) in [6, 6.07) is 3.86. The number of benzene rings is 1. The smallest absolute Gasteiger partial charge is 0.240 e. The number of aryl methyl sites for hydroxylation is 1. The van der Waals surface area contributed by atoms with Gasteiger partial charge in [-0.3, -0.25) is 0 Å². The summed E-state index contributed by atoms with van der Waals surface area (Å²) in [5.41, 5.74) is 0.386. The van der Waals surface area contributed by atoms with Crippen LogP contribution in [-0.4, -0.2) is 43.0 Å². The summed E-state index contributed by atoms with van der Waals surface area (Å²) in [7, 11) is -5.92. The molecule has 21 heavy (non-hydrogen) atoms. The zero-order chi connectivity index (χ0) is 15.7. The van der Waals surface area contributed by atoms with Crippen LogP contribution in [0.25, 0.3) is 0 Å². The highest BCUT2D eigenvalue weighted by atomic mass is 32.2. The van der Waals surface area contributed by atoms with Crippen molar-refractivity contribution >= 4 is 20.0 Å². The van der Waals surface area contributed by atoms with Crippen molar-refractivity contribution in [3.05, 3.63) is 23.8 Å². The summed E-state index contributed by atoms with van der Waals surface area (Å²) >= 11 is 0. The molecule has 1 atom stereocenters. The van der Waals surface area contributed by atoms with Crippen LogP contribution in [0.15, 0.2) is 28.0 Å². The van der Waals surface area contributed by atoms with Crippen LogP contribution in [0, 0.1) is 6.92 Å². The molecule has 1 saturated heterocycles. The van der Waals surface area contributed by atoms with Gasteiger partial charge in [0.15, 0.2) is 0 Å². The zero-order valence-electron chi connectivity index (χ0n) is 11.9. The first-order valence-electron chi connectivity index (χ1n) is 6.53. The van der Waals surface area contributed by atoms with E-state index in [1.165, 1.54) is 25.2 Å². The van der Waals surface area contributed by atoms with Gasteiger partial charge in [-0.15, -0.1) is 0 Å². The Kier molecular flexibility index (Phi) is 4.69. The van der Waals surface area contributed by atoms with Crippen molar-refractivity contribution < 1.29 is 16.8 Å². The van der Waals surface area contributed by atoms with Crippen LogP contribution in [0.4, 0.5) is 0 Å². The molecule has 9 heteroatoms. The van der Waals surface area contributed by atoms with Crippen LogP contribution in [0.2, 0.25) is 0 Å². The van der Waals surface area contributed by atoms with Gasteiger partial charge in [0.1, 0.15) is 0 Å². The third-order valence-electron chi connectivity index (χ3n) is 3.40. The molecule has 1 aromatic rings. The maximum Gasteiger partial charge on any atom is 0.240 e. The van der Waals surface area contributed by atoms with E-state index in [1.807, 2.05) is 0 Å². The number of sulfonamides is 2. The van der Waals surface area contributed by atoms with Gasteiger partial charge in [-0.05, 0) is 50.7 Å². The van der Waals surface area contributed by atoms with E-state index < -0.39 is 20.0 Å². The topological polar surface area (TPSA) is 104 Å². The van der Waals surface area contributed by atoms with E-state index in [1.54, 1.807) is 6.92 Å². The average Bonchev–Trinajstić information content (AvgIpc) is 2.90. The van der Waals surface area contributed by atoms with Gasteiger partial charge in [-0.2, -0.15) is 0 Å². The molecule has 1 fully saturated rings. The molecule has 0 radical (unpaired) electrons. The summed E-state index contributed by atoms with van der Waals surface area (Å²) in [4.78, 5) is 0.147. The second kappa shape index (κ2) is 6.01. The maximum atomic E-state index is 12.3. The second-order valence-electron chi connectivity index (χ2n) is 4.95. The van der Waals surface area contributed by atoms with Crippen LogP contribution < -0.4 is 14.8 Å². The minimum absolute atomic E-state index is 0.0713. The average molecular weight is 333 g/mol. The summed E-state index contributed by atoms with van der Waals surface area (Å²) in [6.07, 6.45) is 0.741. The molecule has 0 saturated carbocycles. The van der Waals surface area contributed by atoms with Gasteiger partial charge < -0.3 is 5.32 Å². The van der Waals surface area contributed by atoms with E-state index in [0.717, 1.165) is 13.0 Å². The van der Waals surface area contributed by atoms with Crippen molar-refractivity contribution in [3.8, 4) is 0 Å². The highest BCUT2D eigenvalue weighted by Crippen LogP contribution is 2.20. The van der Waals surface area contributed by atoms with Crippen LogP contribution in [0.3, 0.4) is 0 Å². The van der Waals surface area contributed by atoms with Gasteiger partial charge in [-0.25, -0.2) is 26.3 Å². The van der Waals surface area contributed by atoms with Crippen molar-refractivity contribution in [2.24, 2.45) is 0 Å². The standard InChI is InChI=1S/C12H19N3O4S2/c1-9-7-11(3-4-12(9)21(18,19)13-2)20(16,17)15-10-5-6-14-8-10/h3-4,7,10,13-15H,5-6,8H2,1-2H3. The fourth-order valence-corrected chi connectivity index (χ4v) is 4.55. The minimum atomic E-state index is -3.64. The summed E-state index contributed by atoms with van der Waals surface area (Å²) in [5, 5.41) is 3.08. The van der Waals surface area contributed by atoms with Crippen molar-refractivity contribution in [1.82, 2.24) is 14.8 Å². The Morgan fingerprint density at radius 1 is 1.19 bits per heavy atom. The summed E-state index contributed by atoms with van der Waals surface area (Å²) in [5.74, 6) is 0. The van der Waals surface area contributed by atoms with Gasteiger partial charge in [0.25, 0.3) is 0 Å². The zero-order valence-corrected chi connectivity index (χ0v) is 13.5. The van der Waals surface area contributed by atoms with Crippen molar-refractivity contribution in [3.63, 3.8) is 0 Å². The molecule has 0 spiro atoms. The normalized spacial score (nSPS) is 19.8. The third-order valence-corrected chi connectivity index (χ3v) is 6.49. The predicted octanol–water partition coefficient (Wildman–Crippen LogP) is -0.457. The number of hydrogen-bond donors (Lipinski definition) is 3. The molecule has 0 amide bonds. The van der Waals surface area contributed by atoms with Crippen molar-refractivity contribution in [2.75, 3.05) is 20.1 Å². The molecule has 2 rings (SSSR count). The molecule has 0 aliphatic carbocycles. The van der Waals surface area contributed by atoms with E-state index in [2.05, 4.69) is 14.8 Å². The lowest BCUT2D eigenvalue weighted by Crippen LogP contribution is -2.36. The molecule has 7 nitrogen and oxygen atoms in total. The van der Waals surface area contributed by atoms with Gasteiger partial charge >= 0.3 is 0 Å². The highest BCUT2D eigenvalue weighted by molar-refractivity contribution is 7.90. The maximum absolute atomic E-state index is 12.3. The molecule has 3 N–H and O–H groups in total. The Morgan fingerprint density at radius 3 is 2.43 bits per heavy atom. The number of rotatable bonds is 5. The first kappa shape index (κ1) is 16.4. The van der Waals surface area contributed by atoms with Crippen LogP contribution >= 0.6 is 0 Å². The fraction of sp³-hybridized carbons (Fsp3) is 0.500. The first-order chi connectivity index (χ1) is 9.76. The van der Waals surface area contributed by atoms with Crippen LogP contribution in [0.5, 0.6) is 0 Å². The molecule has 1 heterocycles. The molecule has 0 bridgehead atoms. The Labute approximate surface area is 125 Å². The van der Waals surface area contributed by atoms with Crippen LogP contribution in [-0.2, 0) is 20.0 Å². The number of nitrogens with one attached hydrogen (secondary N) is 3. The molecule has 1 unspecified atom stereocenters. The largest absolute Gasteiger partial charge is 0.315 e. The van der Waals surface area contributed by atoms with E-state index >= 15 is 0 Å². The Hall–Kier alpha value is -1.00. The van der Waals surface area contributed by atoms with E-state index in [-0.39, 0.29) is 15.8 Å². The lowest BCUT2D eigenvalue weighted by molar-refractivity contribution is 0.559. The lowest BCUT2D eigenvalue weighted by Gasteiger charge is -2.13. The number of hydrogen-bond acceptors (Lipinski definition) is 5. The Morgan fingerprint density at radius 2 is 1.90 bits per heavy atom. The molecule has 1 aromatic carbocycles.